The summed E-state index contributed by atoms with van der Waals surface area (Å²) in [5, 5.41) is 0.702. The Hall–Kier alpha value is -2.34. The van der Waals surface area contributed by atoms with Gasteiger partial charge in [0.15, 0.2) is 0 Å². The fraction of sp³-hybridized carbons (Fsp3) is 0.450. The number of oxazole rings is 1. The molecule has 2 fully saturated rings. The summed E-state index contributed by atoms with van der Waals surface area (Å²) in [6.45, 7) is 1.52. The highest BCUT2D eigenvalue weighted by Crippen LogP contribution is 2.32. The minimum Gasteiger partial charge on any atom is -0.443 e. The molecular formula is C20H22ClN3O3. The van der Waals surface area contributed by atoms with Gasteiger partial charge < -0.3 is 14.2 Å². The zero-order chi connectivity index (χ0) is 18.8. The summed E-state index contributed by atoms with van der Waals surface area (Å²) in [5.41, 5.74) is 1.09. The van der Waals surface area contributed by atoms with E-state index in [1.54, 1.807) is 11.1 Å². The zero-order valence-electron chi connectivity index (χ0n) is 15.1. The van der Waals surface area contributed by atoms with Crippen LogP contribution < -0.4 is 0 Å². The molecule has 142 valence electrons. The Morgan fingerprint density at radius 1 is 1.22 bits per heavy atom. The minimum atomic E-state index is -0.144. The number of nitrogens with zero attached hydrogens (tertiary/aromatic N) is 3. The van der Waals surface area contributed by atoms with E-state index in [0.29, 0.717) is 36.8 Å². The molecule has 27 heavy (non-hydrogen) atoms. The number of rotatable bonds is 5. The lowest BCUT2D eigenvalue weighted by atomic mass is 10.1. The van der Waals surface area contributed by atoms with Crippen molar-refractivity contribution in [3.05, 3.63) is 52.7 Å². The monoisotopic (exact) mass is 387 g/mol. The molecule has 2 aliphatic heterocycles. The number of amides is 2. The highest BCUT2D eigenvalue weighted by atomic mass is 35.5. The van der Waals surface area contributed by atoms with Gasteiger partial charge in [-0.15, -0.1) is 0 Å². The first kappa shape index (κ1) is 18.0. The zero-order valence-corrected chi connectivity index (χ0v) is 15.8. The second-order valence-electron chi connectivity index (χ2n) is 7.13. The molecule has 2 saturated heterocycles. The Kier molecular flexibility index (Phi) is 5.16. The predicted octanol–water partition coefficient (Wildman–Crippen LogP) is 3.20. The second kappa shape index (κ2) is 7.72. The lowest BCUT2D eigenvalue weighted by Gasteiger charge is -2.25. The van der Waals surface area contributed by atoms with Crippen LogP contribution in [-0.4, -0.2) is 46.2 Å². The van der Waals surface area contributed by atoms with Crippen LogP contribution in [0.4, 0.5) is 0 Å². The first-order valence-electron chi connectivity index (χ1n) is 9.36. The van der Waals surface area contributed by atoms with Crippen molar-refractivity contribution in [2.75, 3.05) is 19.6 Å². The van der Waals surface area contributed by atoms with E-state index in [-0.39, 0.29) is 24.4 Å². The molecule has 2 aliphatic rings. The van der Waals surface area contributed by atoms with Gasteiger partial charge in [-0.25, -0.2) is 4.98 Å². The maximum absolute atomic E-state index is 12.7. The largest absolute Gasteiger partial charge is 0.443 e. The normalized spacial score (nSPS) is 19.9. The fourth-order valence-electron chi connectivity index (χ4n) is 3.81. The summed E-state index contributed by atoms with van der Waals surface area (Å²) >= 11 is 5.92. The van der Waals surface area contributed by atoms with E-state index in [9.17, 15) is 9.59 Å². The van der Waals surface area contributed by atoms with Crippen molar-refractivity contribution in [2.24, 2.45) is 0 Å². The summed E-state index contributed by atoms with van der Waals surface area (Å²) in [6, 6.07) is 7.48. The van der Waals surface area contributed by atoms with Gasteiger partial charge in [0.05, 0.1) is 12.7 Å². The number of halogens is 1. The van der Waals surface area contributed by atoms with Gasteiger partial charge in [0, 0.05) is 31.0 Å². The van der Waals surface area contributed by atoms with Gasteiger partial charge in [-0.2, -0.15) is 0 Å². The fourth-order valence-corrected chi connectivity index (χ4v) is 3.94. The summed E-state index contributed by atoms with van der Waals surface area (Å²) in [7, 11) is 0. The van der Waals surface area contributed by atoms with E-state index in [2.05, 4.69) is 4.98 Å². The van der Waals surface area contributed by atoms with Crippen molar-refractivity contribution in [1.82, 2.24) is 14.8 Å². The Morgan fingerprint density at radius 3 is 2.78 bits per heavy atom. The molecule has 0 spiro atoms. The summed E-state index contributed by atoms with van der Waals surface area (Å²) in [5.74, 6) is 1.39. The third-order valence-corrected chi connectivity index (χ3v) is 5.47. The summed E-state index contributed by atoms with van der Waals surface area (Å²) < 4.78 is 5.95. The highest BCUT2D eigenvalue weighted by molar-refractivity contribution is 6.30. The molecule has 2 amide bonds. The van der Waals surface area contributed by atoms with Crippen molar-refractivity contribution in [3.63, 3.8) is 0 Å². The molecule has 7 heteroatoms. The van der Waals surface area contributed by atoms with Crippen LogP contribution in [-0.2, 0) is 16.0 Å². The number of hydrogen-bond donors (Lipinski definition) is 0. The third kappa shape index (κ3) is 4.00. The number of hydrogen-bond acceptors (Lipinski definition) is 4. The Labute approximate surface area is 163 Å². The highest BCUT2D eigenvalue weighted by Gasteiger charge is 2.35. The van der Waals surface area contributed by atoms with E-state index in [1.165, 1.54) is 0 Å². The van der Waals surface area contributed by atoms with Crippen molar-refractivity contribution in [3.8, 4) is 0 Å². The number of likely N-dealkylation sites (tertiary alicyclic amines) is 2. The van der Waals surface area contributed by atoms with Gasteiger partial charge >= 0.3 is 0 Å². The molecule has 1 aromatic carbocycles. The van der Waals surface area contributed by atoms with Gasteiger partial charge in [0.25, 0.3) is 0 Å². The van der Waals surface area contributed by atoms with E-state index >= 15 is 0 Å². The van der Waals surface area contributed by atoms with Gasteiger partial charge in [-0.3, -0.25) is 9.59 Å². The van der Waals surface area contributed by atoms with Gasteiger partial charge in [-0.05, 0) is 37.0 Å². The third-order valence-electron chi connectivity index (χ3n) is 5.22. The molecule has 0 bridgehead atoms. The number of carbonyl (C=O) groups excluding carboxylic acids is 2. The van der Waals surface area contributed by atoms with Crippen LogP contribution in [0.2, 0.25) is 5.02 Å². The molecule has 2 aromatic rings. The number of carbonyl (C=O) groups is 2. The van der Waals surface area contributed by atoms with Crippen LogP contribution in [0.25, 0.3) is 0 Å². The van der Waals surface area contributed by atoms with Crippen LogP contribution in [0.1, 0.15) is 48.9 Å². The molecule has 6 nitrogen and oxygen atoms in total. The van der Waals surface area contributed by atoms with E-state index < -0.39 is 0 Å². The maximum Gasteiger partial charge on any atom is 0.242 e. The molecule has 4 rings (SSSR count). The first-order chi connectivity index (χ1) is 13.1. The average molecular weight is 388 g/mol. The summed E-state index contributed by atoms with van der Waals surface area (Å²) in [4.78, 5) is 32.4. The van der Waals surface area contributed by atoms with E-state index in [1.807, 2.05) is 29.2 Å². The second-order valence-corrected chi connectivity index (χ2v) is 7.57. The SMILES string of the molecule is O=C1CCCN1CC(=O)N1CCCC1c1ncc(Cc2ccc(Cl)cc2)o1. The van der Waals surface area contributed by atoms with Crippen LogP contribution in [0, 0.1) is 0 Å². The molecule has 1 unspecified atom stereocenters. The molecule has 3 heterocycles. The van der Waals surface area contributed by atoms with Crippen molar-refractivity contribution < 1.29 is 14.0 Å². The van der Waals surface area contributed by atoms with Crippen LogP contribution in [0.5, 0.6) is 0 Å². The number of aromatic nitrogens is 1. The van der Waals surface area contributed by atoms with Crippen molar-refractivity contribution in [1.29, 1.82) is 0 Å². The number of benzene rings is 1. The first-order valence-corrected chi connectivity index (χ1v) is 9.74. The minimum absolute atomic E-state index is 0.0230. The lowest BCUT2D eigenvalue weighted by Crippen LogP contribution is -2.40. The summed E-state index contributed by atoms with van der Waals surface area (Å²) in [6.07, 6.45) is 5.50. The molecular weight excluding hydrogens is 366 g/mol. The smallest absolute Gasteiger partial charge is 0.242 e. The standard InChI is InChI=1S/C20H22ClN3O3/c21-15-7-5-14(6-8-15)11-16-12-22-20(27-16)17-3-1-10-24(17)19(26)13-23-9-2-4-18(23)25/h5-8,12,17H,1-4,9-11,13H2. The topological polar surface area (TPSA) is 66.7 Å². The molecule has 0 saturated carbocycles. The Balaban J connectivity index is 1.42. The molecule has 1 aromatic heterocycles. The van der Waals surface area contributed by atoms with Crippen molar-refractivity contribution >= 4 is 23.4 Å². The molecule has 1 atom stereocenters. The lowest BCUT2D eigenvalue weighted by molar-refractivity contribution is -0.139. The quantitative estimate of drug-likeness (QED) is 0.790. The Morgan fingerprint density at radius 2 is 2.04 bits per heavy atom. The van der Waals surface area contributed by atoms with Gasteiger partial charge in [-0.1, -0.05) is 23.7 Å². The van der Waals surface area contributed by atoms with Crippen LogP contribution >= 0.6 is 11.6 Å². The Bertz CT molecular complexity index is 833. The maximum atomic E-state index is 12.7. The van der Waals surface area contributed by atoms with Crippen LogP contribution in [0.15, 0.2) is 34.9 Å². The van der Waals surface area contributed by atoms with E-state index in [4.69, 9.17) is 16.0 Å². The van der Waals surface area contributed by atoms with Crippen LogP contribution in [0.3, 0.4) is 0 Å². The van der Waals surface area contributed by atoms with Crippen molar-refractivity contribution in [2.45, 2.75) is 38.1 Å². The van der Waals surface area contributed by atoms with Gasteiger partial charge in [0.2, 0.25) is 17.7 Å². The van der Waals surface area contributed by atoms with E-state index in [0.717, 1.165) is 30.6 Å². The molecule has 0 aliphatic carbocycles. The average Bonchev–Trinajstić information content (AvgIpc) is 3.38. The molecule has 0 N–H and O–H groups in total. The predicted molar refractivity (Wildman–Crippen MR) is 100 cm³/mol. The van der Waals surface area contributed by atoms with Gasteiger partial charge in [0.1, 0.15) is 11.8 Å². The molecule has 0 radical (unpaired) electrons.